The molecule has 5 nitrogen and oxygen atoms in total. The first-order valence-corrected chi connectivity index (χ1v) is 7.64. The number of urea groups is 1. The molecule has 1 saturated heterocycles. The van der Waals surface area contributed by atoms with Gasteiger partial charge in [-0.1, -0.05) is 12.8 Å². The van der Waals surface area contributed by atoms with Crippen molar-refractivity contribution in [1.82, 2.24) is 14.5 Å². The summed E-state index contributed by atoms with van der Waals surface area (Å²) in [5, 5.41) is 3.00. The zero-order chi connectivity index (χ0) is 14.8. The summed E-state index contributed by atoms with van der Waals surface area (Å²) in [5.41, 5.74) is 2.82. The molecule has 21 heavy (non-hydrogen) atoms. The highest BCUT2D eigenvalue weighted by molar-refractivity contribution is 5.92. The Labute approximate surface area is 125 Å². The first-order chi connectivity index (χ1) is 10.1. The molecule has 2 heterocycles. The van der Waals surface area contributed by atoms with E-state index < -0.39 is 0 Å². The second kappa shape index (κ2) is 5.76. The van der Waals surface area contributed by atoms with Crippen LogP contribution >= 0.6 is 0 Å². The molecule has 1 N–H and O–H groups in total. The molecule has 112 valence electrons. The lowest BCUT2D eigenvalue weighted by molar-refractivity contribution is 0.214. The molecule has 0 atom stereocenters. The summed E-state index contributed by atoms with van der Waals surface area (Å²) in [7, 11) is 2.00. The average Bonchev–Trinajstić information content (AvgIpc) is 2.68. The van der Waals surface area contributed by atoms with E-state index >= 15 is 0 Å². The minimum Gasteiger partial charge on any atom is -0.331 e. The van der Waals surface area contributed by atoms with E-state index in [-0.39, 0.29) is 6.03 Å². The van der Waals surface area contributed by atoms with Crippen molar-refractivity contribution in [2.45, 2.75) is 32.6 Å². The Balaban J connectivity index is 1.76. The number of likely N-dealkylation sites (tertiary alicyclic amines) is 1. The van der Waals surface area contributed by atoms with Gasteiger partial charge in [-0.3, -0.25) is 0 Å². The third-order valence-corrected chi connectivity index (χ3v) is 4.25. The van der Waals surface area contributed by atoms with Crippen LogP contribution in [0.25, 0.3) is 11.0 Å². The van der Waals surface area contributed by atoms with Crippen LogP contribution in [0.4, 0.5) is 10.5 Å². The number of nitrogens with one attached hydrogen (secondary N) is 1. The van der Waals surface area contributed by atoms with E-state index in [2.05, 4.69) is 14.9 Å². The highest BCUT2D eigenvalue weighted by atomic mass is 16.2. The molecule has 1 aliphatic heterocycles. The van der Waals surface area contributed by atoms with E-state index in [0.29, 0.717) is 0 Å². The van der Waals surface area contributed by atoms with Crippen LogP contribution in [0.1, 0.15) is 31.5 Å². The Bertz CT molecular complexity index is 654. The number of carbonyl (C=O) groups is 1. The van der Waals surface area contributed by atoms with Crippen molar-refractivity contribution in [3.05, 3.63) is 24.0 Å². The van der Waals surface area contributed by atoms with E-state index in [4.69, 9.17) is 0 Å². The monoisotopic (exact) mass is 286 g/mol. The number of carbonyl (C=O) groups excluding carboxylic acids is 1. The lowest BCUT2D eigenvalue weighted by Gasteiger charge is -2.20. The maximum atomic E-state index is 12.3. The number of benzene rings is 1. The number of fused-ring (bicyclic) bond motifs is 1. The molecule has 0 aliphatic carbocycles. The summed E-state index contributed by atoms with van der Waals surface area (Å²) in [6, 6.07) is 5.90. The molecular formula is C16H22N4O. The van der Waals surface area contributed by atoms with Crippen LogP contribution in [-0.2, 0) is 7.05 Å². The van der Waals surface area contributed by atoms with Gasteiger partial charge in [-0.2, -0.15) is 0 Å². The molecule has 1 aromatic heterocycles. The molecule has 2 amide bonds. The van der Waals surface area contributed by atoms with Crippen LogP contribution in [0.2, 0.25) is 0 Å². The molecule has 1 aromatic carbocycles. The number of anilines is 1. The maximum absolute atomic E-state index is 12.3. The predicted molar refractivity (Wildman–Crippen MR) is 84.5 cm³/mol. The van der Waals surface area contributed by atoms with Gasteiger partial charge in [0.05, 0.1) is 11.0 Å². The summed E-state index contributed by atoms with van der Waals surface area (Å²) in [6.45, 7) is 3.70. The highest BCUT2D eigenvalue weighted by Crippen LogP contribution is 2.20. The van der Waals surface area contributed by atoms with E-state index in [1.807, 2.05) is 37.1 Å². The van der Waals surface area contributed by atoms with Crippen LogP contribution in [-0.4, -0.2) is 33.6 Å². The van der Waals surface area contributed by atoms with Crippen molar-refractivity contribution in [2.75, 3.05) is 18.4 Å². The van der Waals surface area contributed by atoms with Crippen LogP contribution in [0.15, 0.2) is 18.2 Å². The first kappa shape index (κ1) is 13.9. The van der Waals surface area contributed by atoms with Crippen LogP contribution in [0.3, 0.4) is 0 Å². The third kappa shape index (κ3) is 2.86. The molecule has 0 unspecified atom stereocenters. The Kier molecular flexibility index (Phi) is 3.82. The molecule has 0 saturated carbocycles. The summed E-state index contributed by atoms with van der Waals surface area (Å²) in [6.07, 6.45) is 4.66. The highest BCUT2D eigenvalue weighted by Gasteiger charge is 2.15. The van der Waals surface area contributed by atoms with Gasteiger partial charge in [0, 0.05) is 25.8 Å². The second-order valence-electron chi connectivity index (χ2n) is 5.75. The van der Waals surface area contributed by atoms with E-state index in [9.17, 15) is 4.79 Å². The van der Waals surface area contributed by atoms with Crippen molar-refractivity contribution < 1.29 is 4.79 Å². The van der Waals surface area contributed by atoms with Gasteiger partial charge in [-0.05, 0) is 38.0 Å². The number of nitrogens with zero attached hydrogens (tertiary/aromatic N) is 3. The van der Waals surface area contributed by atoms with E-state index in [0.717, 1.165) is 48.5 Å². The normalized spacial score (nSPS) is 16.0. The lowest BCUT2D eigenvalue weighted by atomic mass is 10.2. The molecule has 2 aromatic rings. The average molecular weight is 286 g/mol. The first-order valence-electron chi connectivity index (χ1n) is 7.64. The van der Waals surface area contributed by atoms with Gasteiger partial charge in [0.15, 0.2) is 0 Å². The van der Waals surface area contributed by atoms with Crippen molar-refractivity contribution in [1.29, 1.82) is 0 Å². The Morgan fingerprint density at radius 2 is 1.90 bits per heavy atom. The van der Waals surface area contributed by atoms with Crippen molar-refractivity contribution >= 4 is 22.8 Å². The molecule has 0 radical (unpaired) electrons. The van der Waals surface area contributed by atoms with Gasteiger partial charge in [0.25, 0.3) is 0 Å². The molecule has 1 fully saturated rings. The number of rotatable bonds is 1. The Morgan fingerprint density at radius 1 is 1.19 bits per heavy atom. The lowest BCUT2D eigenvalue weighted by Crippen LogP contribution is -2.35. The second-order valence-corrected chi connectivity index (χ2v) is 5.75. The molecular weight excluding hydrogens is 264 g/mol. The molecule has 5 heteroatoms. The summed E-state index contributed by atoms with van der Waals surface area (Å²) < 4.78 is 2.05. The van der Waals surface area contributed by atoms with E-state index in [1.165, 1.54) is 12.8 Å². The zero-order valence-corrected chi connectivity index (χ0v) is 12.7. The Morgan fingerprint density at radius 3 is 2.62 bits per heavy atom. The molecule has 0 spiro atoms. The van der Waals surface area contributed by atoms with Crippen LogP contribution < -0.4 is 5.32 Å². The summed E-state index contributed by atoms with van der Waals surface area (Å²) >= 11 is 0. The quantitative estimate of drug-likeness (QED) is 0.874. The van der Waals surface area contributed by atoms with Crippen LogP contribution in [0.5, 0.6) is 0 Å². The third-order valence-electron chi connectivity index (χ3n) is 4.25. The van der Waals surface area contributed by atoms with E-state index in [1.54, 1.807) is 0 Å². The van der Waals surface area contributed by atoms with Crippen molar-refractivity contribution in [3.63, 3.8) is 0 Å². The predicted octanol–water partition coefficient (Wildman–Crippen LogP) is 3.29. The topological polar surface area (TPSA) is 50.2 Å². The van der Waals surface area contributed by atoms with Gasteiger partial charge in [-0.25, -0.2) is 9.78 Å². The molecule has 1 aliphatic rings. The summed E-state index contributed by atoms with van der Waals surface area (Å²) in [4.78, 5) is 18.7. The smallest absolute Gasteiger partial charge is 0.321 e. The summed E-state index contributed by atoms with van der Waals surface area (Å²) in [5.74, 6) is 0.973. The van der Waals surface area contributed by atoms with Crippen LogP contribution in [0, 0.1) is 6.92 Å². The SMILES string of the molecule is Cc1nc2cc(NC(=O)N3CCCCCC3)ccc2n1C. The molecule has 0 bridgehead atoms. The number of aryl methyl sites for hydroxylation is 2. The van der Waals surface area contributed by atoms with Crippen molar-refractivity contribution in [2.24, 2.45) is 7.05 Å². The number of imidazole rings is 1. The number of amides is 2. The largest absolute Gasteiger partial charge is 0.331 e. The minimum absolute atomic E-state index is 0.00361. The van der Waals surface area contributed by atoms with Gasteiger partial charge in [0.2, 0.25) is 0 Å². The van der Waals surface area contributed by atoms with Gasteiger partial charge >= 0.3 is 6.03 Å². The fraction of sp³-hybridized carbons (Fsp3) is 0.500. The molecule has 3 rings (SSSR count). The number of hydrogen-bond donors (Lipinski definition) is 1. The number of hydrogen-bond acceptors (Lipinski definition) is 2. The van der Waals surface area contributed by atoms with Crippen molar-refractivity contribution in [3.8, 4) is 0 Å². The Hall–Kier alpha value is -2.04. The van der Waals surface area contributed by atoms with Gasteiger partial charge in [-0.15, -0.1) is 0 Å². The fourth-order valence-corrected chi connectivity index (χ4v) is 2.87. The standard InChI is InChI=1S/C16H22N4O/c1-12-17-14-11-13(7-8-15(14)19(12)2)18-16(21)20-9-5-3-4-6-10-20/h7-8,11H,3-6,9-10H2,1-2H3,(H,18,21). The zero-order valence-electron chi connectivity index (χ0n) is 12.7. The number of aromatic nitrogens is 2. The minimum atomic E-state index is 0.00361. The maximum Gasteiger partial charge on any atom is 0.321 e. The van der Waals surface area contributed by atoms with Gasteiger partial charge in [0.1, 0.15) is 5.82 Å². The fourth-order valence-electron chi connectivity index (χ4n) is 2.87. The van der Waals surface area contributed by atoms with Gasteiger partial charge < -0.3 is 14.8 Å².